The van der Waals surface area contributed by atoms with Crippen LogP contribution >= 0.6 is 11.6 Å². The third-order valence-corrected chi connectivity index (χ3v) is 10.1. The van der Waals surface area contributed by atoms with Crippen LogP contribution in [0, 0.1) is 22.7 Å². The Hall–Kier alpha value is -5.14. The normalized spacial score (nSPS) is 16.1. The summed E-state index contributed by atoms with van der Waals surface area (Å²) in [5, 5.41) is 23.9. The van der Waals surface area contributed by atoms with Crippen LogP contribution in [0.4, 0.5) is 10.7 Å². The van der Waals surface area contributed by atoms with Gasteiger partial charge in [0.2, 0.25) is 5.95 Å². The maximum Gasteiger partial charge on any atom is 0.408 e. The topological polar surface area (TPSA) is 132 Å². The number of imidazole rings is 1. The van der Waals surface area contributed by atoms with E-state index in [4.69, 9.17) is 16.6 Å². The van der Waals surface area contributed by atoms with Crippen molar-refractivity contribution in [2.45, 2.75) is 85.5 Å². The number of benzene rings is 3. The predicted molar refractivity (Wildman–Crippen MR) is 204 cm³/mol. The summed E-state index contributed by atoms with van der Waals surface area (Å²) in [6.07, 6.45) is 2.61. The van der Waals surface area contributed by atoms with E-state index < -0.39 is 12.1 Å². The van der Waals surface area contributed by atoms with Crippen molar-refractivity contribution >= 4 is 46.5 Å². The fourth-order valence-corrected chi connectivity index (χ4v) is 6.88. The molecule has 0 bridgehead atoms. The van der Waals surface area contributed by atoms with E-state index in [9.17, 15) is 24.8 Å². The van der Waals surface area contributed by atoms with Gasteiger partial charge in [-0.05, 0) is 85.0 Å². The lowest BCUT2D eigenvalue weighted by molar-refractivity contribution is -0.127. The van der Waals surface area contributed by atoms with Crippen molar-refractivity contribution < 1.29 is 19.5 Å². The van der Waals surface area contributed by atoms with E-state index in [2.05, 4.69) is 11.4 Å². The molecule has 2 N–H and O–H groups in total. The van der Waals surface area contributed by atoms with Crippen molar-refractivity contribution in [2.24, 2.45) is 11.3 Å². The summed E-state index contributed by atoms with van der Waals surface area (Å²) in [5.41, 5.74) is 3.24. The number of carbonyl (C=O) groups is 3. The first kappa shape index (κ1) is 38.1. The van der Waals surface area contributed by atoms with Gasteiger partial charge in [0, 0.05) is 29.7 Å². The molecule has 0 aliphatic carbocycles. The van der Waals surface area contributed by atoms with Gasteiger partial charge in [-0.25, -0.2) is 9.78 Å². The van der Waals surface area contributed by atoms with Crippen molar-refractivity contribution in [1.29, 1.82) is 5.26 Å². The molecule has 3 amide bonds. The summed E-state index contributed by atoms with van der Waals surface area (Å²) in [5.74, 6) is -0.349. The van der Waals surface area contributed by atoms with Crippen LogP contribution in [0.25, 0.3) is 11.0 Å². The number of nitriles is 1. The molecule has 272 valence electrons. The Balaban J connectivity index is 1.60. The number of hydrogen-bond acceptors (Lipinski definition) is 5. The van der Waals surface area contributed by atoms with Gasteiger partial charge in [0.05, 0.1) is 23.1 Å². The standard InChI is InChI=1S/C41H47ClN6O4/c1-26(2)21-31(24-43)38(50)46-20-10-13-33(46)25-47-35-19-16-30(23-34(35)44-39(47)45-37(49)29-14-17-32(42)18-15-29)36(22-28-11-8-7-9-12-28)48(40(51)52)27(3)41(4,5)6/h7-9,11-12,14-19,21,23,26-27,33,36H,10,13,20,22,25H2,1-6H3,(H,51,52)(H,44,45,49)/b31-21+/t27-,33?,36?/m0/s1. The minimum atomic E-state index is -1.01. The average molecular weight is 723 g/mol. The number of nitrogens with one attached hydrogen (secondary N) is 1. The predicted octanol–water partition coefficient (Wildman–Crippen LogP) is 8.74. The van der Waals surface area contributed by atoms with Gasteiger partial charge in [0.25, 0.3) is 11.8 Å². The minimum Gasteiger partial charge on any atom is -0.465 e. The van der Waals surface area contributed by atoms with E-state index in [0.717, 1.165) is 23.1 Å². The van der Waals surface area contributed by atoms with Crippen LogP contribution < -0.4 is 5.32 Å². The number of fused-ring (bicyclic) bond motifs is 1. The number of allylic oxidation sites excluding steroid dienone is 1. The molecule has 3 aromatic carbocycles. The fraction of sp³-hybridized carbons (Fsp3) is 0.390. The smallest absolute Gasteiger partial charge is 0.408 e. The van der Waals surface area contributed by atoms with Crippen LogP contribution in [-0.2, 0) is 17.8 Å². The Bertz CT molecular complexity index is 1990. The van der Waals surface area contributed by atoms with E-state index in [0.29, 0.717) is 48.0 Å². The van der Waals surface area contributed by atoms with Gasteiger partial charge in [-0.2, -0.15) is 5.26 Å². The zero-order chi connectivity index (χ0) is 37.7. The molecule has 1 aliphatic rings. The summed E-state index contributed by atoms with van der Waals surface area (Å²) >= 11 is 6.08. The number of halogens is 1. The molecule has 4 aromatic rings. The molecular formula is C41H47ClN6O4. The Labute approximate surface area is 310 Å². The average Bonchev–Trinajstić information content (AvgIpc) is 3.70. The van der Waals surface area contributed by atoms with E-state index >= 15 is 0 Å². The first-order valence-electron chi connectivity index (χ1n) is 17.7. The first-order valence-corrected chi connectivity index (χ1v) is 18.1. The zero-order valence-corrected chi connectivity index (χ0v) is 31.4. The number of likely N-dealkylation sites (tertiary alicyclic amines) is 1. The summed E-state index contributed by atoms with van der Waals surface area (Å²) < 4.78 is 1.90. The van der Waals surface area contributed by atoms with Crippen LogP contribution in [0.15, 0.2) is 84.4 Å². The number of carbonyl (C=O) groups excluding carboxylic acids is 2. The van der Waals surface area contributed by atoms with Gasteiger partial charge in [0.15, 0.2) is 0 Å². The largest absolute Gasteiger partial charge is 0.465 e. The number of aromatic nitrogens is 2. The molecule has 52 heavy (non-hydrogen) atoms. The van der Waals surface area contributed by atoms with Crippen molar-refractivity contribution in [3.8, 4) is 6.07 Å². The van der Waals surface area contributed by atoms with Crippen LogP contribution in [0.2, 0.25) is 5.02 Å². The molecule has 10 nitrogen and oxygen atoms in total. The number of rotatable bonds is 11. The third kappa shape index (κ3) is 8.65. The molecule has 3 atom stereocenters. The third-order valence-electron chi connectivity index (χ3n) is 9.87. The number of anilines is 1. The summed E-state index contributed by atoms with van der Waals surface area (Å²) in [4.78, 5) is 48.3. The number of hydrogen-bond donors (Lipinski definition) is 2. The molecule has 1 aromatic heterocycles. The maximum absolute atomic E-state index is 13.6. The van der Waals surface area contributed by atoms with Gasteiger partial charge >= 0.3 is 6.09 Å². The molecular weight excluding hydrogens is 676 g/mol. The highest BCUT2D eigenvalue weighted by molar-refractivity contribution is 6.30. The minimum absolute atomic E-state index is 0.0373. The summed E-state index contributed by atoms with van der Waals surface area (Å²) in [7, 11) is 0. The van der Waals surface area contributed by atoms with Crippen LogP contribution in [0.3, 0.4) is 0 Å². The van der Waals surface area contributed by atoms with Gasteiger partial charge in [0.1, 0.15) is 11.6 Å². The molecule has 11 heteroatoms. The molecule has 0 spiro atoms. The van der Waals surface area contributed by atoms with Crippen LogP contribution in [-0.4, -0.2) is 61.0 Å². The van der Waals surface area contributed by atoms with E-state index in [1.807, 2.05) is 94.6 Å². The van der Waals surface area contributed by atoms with Crippen molar-refractivity contribution in [3.05, 3.63) is 106 Å². The van der Waals surface area contributed by atoms with Gasteiger partial charge < -0.3 is 14.6 Å². The molecule has 0 radical (unpaired) electrons. The summed E-state index contributed by atoms with van der Waals surface area (Å²) in [6, 6.07) is 23.1. The fourth-order valence-electron chi connectivity index (χ4n) is 6.76. The Morgan fingerprint density at radius 3 is 2.38 bits per heavy atom. The Morgan fingerprint density at radius 1 is 1.08 bits per heavy atom. The molecule has 1 aliphatic heterocycles. The second-order valence-electron chi connectivity index (χ2n) is 14.9. The molecule has 0 saturated carbocycles. The first-order chi connectivity index (χ1) is 24.7. The monoisotopic (exact) mass is 722 g/mol. The molecule has 2 unspecified atom stereocenters. The quantitative estimate of drug-likeness (QED) is 0.118. The lowest BCUT2D eigenvalue weighted by atomic mass is 9.84. The van der Waals surface area contributed by atoms with Gasteiger partial charge in [-0.3, -0.25) is 19.8 Å². The second-order valence-corrected chi connectivity index (χ2v) is 15.4. The Kier molecular flexibility index (Phi) is 11.8. The molecule has 2 heterocycles. The molecule has 1 saturated heterocycles. The van der Waals surface area contributed by atoms with Crippen molar-refractivity contribution in [3.63, 3.8) is 0 Å². The van der Waals surface area contributed by atoms with Gasteiger partial charge in [-0.15, -0.1) is 0 Å². The second kappa shape index (κ2) is 16.0. The molecule has 1 fully saturated rings. The maximum atomic E-state index is 13.6. The lowest BCUT2D eigenvalue weighted by Gasteiger charge is -2.41. The van der Waals surface area contributed by atoms with Crippen molar-refractivity contribution in [2.75, 3.05) is 11.9 Å². The van der Waals surface area contributed by atoms with E-state index in [-0.39, 0.29) is 40.8 Å². The highest BCUT2D eigenvalue weighted by Gasteiger charge is 2.37. The van der Waals surface area contributed by atoms with Crippen molar-refractivity contribution in [1.82, 2.24) is 19.4 Å². The highest BCUT2D eigenvalue weighted by Crippen LogP contribution is 2.36. The molecule has 5 rings (SSSR count). The number of carboxylic acid groups (broad SMARTS) is 1. The van der Waals surface area contributed by atoms with Crippen LogP contribution in [0.5, 0.6) is 0 Å². The highest BCUT2D eigenvalue weighted by atomic mass is 35.5. The SMILES string of the molecule is CC(C)/C=C(\C#N)C(=O)N1CCCC1Cn1c(NC(=O)c2ccc(Cl)cc2)nc2cc(C(Cc3ccccc3)N(C(=O)O)[C@@H](C)C(C)(C)C)ccc21. The van der Waals surface area contributed by atoms with E-state index in [1.165, 1.54) is 4.90 Å². The Morgan fingerprint density at radius 2 is 1.77 bits per heavy atom. The number of amides is 3. The number of nitrogens with zero attached hydrogens (tertiary/aromatic N) is 5. The van der Waals surface area contributed by atoms with E-state index in [1.54, 1.807) is 35.2 Å². The van der Waals surface area contributed by atoms with Crippen LogP contribution in [0.1, 0.15) is 81.9 Å². The lowest BCUT2D eigenvalue weighted by Crippen LogP contribution is -2.47. The van der Waals surface area contributed by atoms with Gasteiger partial charge in [-0.1, -0.05) is 88.7 Å². The zero-order valence-electron chi connectivity index (χ0n) is 30.6. The summed E-state index contributed by atoms with van der Waals surface area (Å²) in [6.45, 7) is 12.7.